The van der Waals surface area contributed by atoms with Gasteiger partial charge < -0.3 is 9.47 Å². The summed E-state index contributed by atoms with van der Waals surface area (Å²) >= 11 is 0. The lowest BCUT2D eigenvalue weighted by molar-refractivity contribution is 0.442. The molecule has 4 rings (SSSR count). The molecule has 0 unspecified atom stereocenters. The molecule has 0 saturated carbocycles. The Kier molecular flexibility index (Phi) is 5.41. The van der Waals surface area contributed by atoms with E-state index in [9.17, 15) is 13.2 Å². The summed E-state index contributed by atoms with van der Waals surface area (Å²) in [5, 5.41) is 0.0683. The second-order valence-corrected chi connectivity index (χ2v) is 10.6. The van der Waals surface area contributed by atoms with Gasteiger partial charge in [-0.1, -0.05) is 13.0 Å². The fourth-order valence-corrected chi connectivity index (χ4v) is 5.80. The van der Waals surface area contributed by atoms with Gasteiger partial charge in [-0.05, 0) is 68.0 Å². The third kappa shape index (κ3) is 3.76. The van der Waals surface area contributed by atoms with Crippen molar-refractivity contribution in [2.45, 2.75) is 43.4 Å². The average Bonchev–Trinajstić information content (AvgIpc) is 2.72. The fraction of sp³-hybridized carbons (Fsp3) is 0.375. The van der Waals surface area contributed by atoms with Crippen LogP contribution in [-0.2, 0) is 16.9 Å². The lowest BCUT2D eigenvalue weighted by Crippen LogP contribution is -2.35. The summed E-state index contributed by atoms with van der Waals surface area (Å²) in [6, 6.07) is 7.64. The molecule has 1 aromatic heterocycles. The van der Waals surface area contributed by atoms with Gasteiger partial charge in [-0.3, -0.25) is 4.79 Å². The Morgan fingerprint density at radius 3 is 2.52 bits per heavy atom. The van der Waals surface area contributed by atoms with E-state index in [0.29, 0.717) is 17.1 Å². The third-order valence-electron chi connectivity index (χ3n) is 6.30. The van der Waals surface area contributed by atoms with E-state index in [1.54, 1.807) is 29.8 Å². The van der Waals surface area contributed by atoms with E-state index in [1.165, 1.54) is 18.3 Å². The topological polar surface area (TPSA) is 59.4 Å². The Hall–Kier alpha value is -2.67. The number of nitrogens with zero attached hydrogens (tertiary/aromatic N) is 2. The van der Waals surface area contributed by atoms with Crippen molar-refractivity contribution in [3.8, 4) is 0 Å². The van der Waals surface area contributed by atoms with Gasteiger partial charge in [0.25, 0.3) is 0 Å². The summed E-state index contributed by atoms with van der Waals surface area (Å²) in [5.41, 5.74) is 2.08. The minimum absolute atomic E-state index is 0.0615. The number of hydrogen-bond donors (Lipinski definition) is 0. The number of sulfone groups is 1. The molecule has 1 atom stereocenters. The SMILES string of the molecule is Cc1ccc(S(=O)(=O)c2cn(C)c3cc(N4CCC[C@H](C)C4)c(F)cc3c2=O)cc1C. The summed E-state index contributed by atoms with van der Waals surface area (Å²) < 4.78 is 43.1. The molecule has 2 aromatic carbocycles. The minimum Gasteiger partial charge on any atom is -0.369 e. The average molecular weight is 443 g/mol. The van der Waals surface area contributed by atoms with Gasteiger partial charge in [-0.25, -0.2) is 12.8 Å². The molecule has 1 aliphatic rings. The smallest absolute Gasteiger partial charge is 0.211 e. The normalized spacial score (nSPS) is 17.3. The van der Waals surface area contributed by atoms with Crippen LogP contribution in [0.5, 0.6) is 0 Å². The largest absolute Gasteiger partial charge is 0.369 e. The van der Waals surface area contributed by atoms with Crippen molar-refractivity contribution in [3.05, 3.63) is 63.7 Å². The van der Waals surface area contributed by atoms with Crippen LogP contribution in [0.25, 0.3) is 10.9 Å². The number of piperidine rings is 1. The highest BCUT2D eigenvalue weighted by molar-refractivity contribution is 7.91. The van der Waals surface area contributed by atoms with Gasteiger partial charge >= 0.3 is 0 Å². The van der Waals surface area contributed by atoms with E-state index in [4.69, 9.17) is 0 Å². The molecule has 1 saturated heterocycles. The summed E-state index contributed by atoms with van der Waals surface area (Å²) in [5.74, 6) is -0.0300. The number of aromatic nitrogens is 1. The van der Waals surface area contributed by atoms with Crippen molar-refractivity contribution in [2.24, 2.45) is 13.0 Å². The molecular weight excluding hydrogens is 415 g/mol. The van der Waals surface area contributed by atoms with Gasteiger partial charge in [-0.15, -0.1) is 0 Å². The van der Waals surface area contributed by atoms with Crippen molar-refractivity contribution in [2.75, 3.05) is 18.0 Å². The molecule has 5 nitrogen and oxygen atoms in total. The van der Waals surface area contributed by atoms with Crippen LogP contribution in [-0.4, -0.2) is 26.1 Å². The van der Waals surface area contributed by atoms with Gasteiger partial charge in [0, 0.05) is 26.3 Å². The van der Waals surface area contributed by atoms with Crippen LogP contribution in [0, 0.1) is 25.6 Å². The zero-order valence-electron chi connectivity index (χ0n) is 18.3. The first-order valence-corrected chi connectivity index (χ1v) is 12.0. The molecule has 0 spiro atoms. The van der Waals surface area contributed by atoms with Gasteiger partial charge in [0.1, 0.15) is 10.7 Å². The van der Waals surface area contributed by atoms with Gasteiger partial charge in [-0.2, -0.15) is 0 Å². The standard InChI is InChI=1S/C24H27FN2O3S/c1-15-6-5-9-27(13-15)22-12-21-19(11-20(22)25)24(28)23(14-26(21)4)31(29,30)18-8-7-16(2)17(3)10-18/h7-8,10-12,14-15H,5-6,9,13H2,1-4H3/t15-/m0/s1. The highest BCUT2D eigenvalue weighted by Crippen LogP contribution is 2.30. The quantitative estimate of drug-likeness (QED) is 0.605. The minimum atomic E-state index is -4.04. The molecule has 0 bridgehead atoms. The van der Waals surface area contributed by atoms with Gasteiger partial charge in [0.2, 0.25) is 15.3 Å². The summed E-state index contributed by atoms with van der Waals surface area (Å²) in [7, 11) is -2.36. The first-order chi connectivity index (χ1) is 14.6. The summed E-state index contributed by atoms with van der Waals surface area (Å²) in [4.78, 5) is 14.9. The maximum absolute atomic E-state index is 15.1. The molecule has 2 heterocycles. The molecule has 1 aliphatic heterocycles. The third-order valence-corrected chi connectivity index (χ3v) is 8.04. The predicted molar refractivity (Wildman–Crippen MR) is 121 cm³/mol. The number of aryl methyl sites for hydroxylation is 3. The van der Waals surface area contributed by atoms with Crippen LogP contribution in [0.2, 0.25) is 0 Å². The van der Waals surface area contributed by atoms with Gasteiger partial charge in [0.15, 0.2) is 0 Å². The molecule has 7 heteroatoms. The highest BCUT2D eigenvalue weighted by atomic mass is 32.2. The Bertz CT molecular complexity index is 1350. The predicted octanol–water partition coefficient (Wildman–Crippen LogP) is 4.36. The zero-order valence-corrected chi connectivity index (χ0v) is 19.1. The second kappa shape index (κ2) is 7.79. The van der Waals surface area contributed by atoms with Crippen LogP contribution in [0.15, 0.2) is 51.1 Å². The molecule has 0 radical (unpaired) electrons. The van der Waals surface area contributed by atoms with E-state index >= 15 is 4.39 Å². The summed E-state index contributed by atoms with van der Waals surface area (Å²) in [6.45, 7) is 7.38. The van der Waals surface area contributed by atoms with E-state index in [2.05, 4.69) is 6.92 Å². The second-order valence-electron chi connectivity index (χ2n) is 8.70. The Morgan fingerprint density at radius 2 is 1.84 bits per heavy atom. The monoisotopic (exact) mass is 442 g/mol. The number of halogens is 1. The van der Waals surface area contributed by atoms with E-state index in [1.807, 2.05) is 18.7 Å². The number of hydrogen-bond acceptors (Lipinski definition) is 4. The Morgan fingerprint density at radius 1 is 1.10 bits per heavy atom. The number of fused-ring (bicyclic) bond motifs is 1. The molecule has 1 fully saturated rings. The molecule has 0 aliphatic carbocycles. The van der Waals surface area contributed by atoms with E-state index in [-0.39, 0.29) is 15.2 Å². The van der Waals surface area contributed by atoms with Crippen LogP contribution in [0.4, 0.5) is 10.1 Å². The number of benzene rings is 2. The number of rotatable bonds is 3. The highest BCUT2D eigenvalue weighted by Gasteiger charge is 2.26. The molecular formula is C24H27FN2O3S. The van der Waals surface area contributed by atoms with Crippen LogP contribution in [0.3, 0.4) is 0 Å². The van der Waals surface area contributed by atoms with E-state index < -0.39 is 21.1 Å². The van der Waals surface area contributed by atoms with Crippen molar-refractivity contribution < 1.29 is 12.8 Å². The van der Waals surface area contributed by atoms with Crippen LogP contribution in [0.1, 0.15) is 30.9 Å². The van der Waals surface area contributed by atoms with E-state index in [0.717, 1.165) is 37.1 Å². The van der Waals surface area contributed by atoms with Crippen LogP contribution >= 0.6 is 0 Å². The first kappa shape index (κ1) is 21.6. The molecule has 0 amide bonds. The van der Waals surface area contributed by atoms with Crippen molar-refractivity contribution in [3.63, 3.8) is 0 Å². The molecule has 164 valence electrons. The lowest BCUT2D eigenvalue weighted by Gasteiger charge is -2.33. The summed E-state index contributed by atoms with van der Waals surface area (Å²) in [6.07, 6.45) is 3.45. The molecule has 3 aromatic rings. The van der Waals surface area contributed by atoms with Crippen molar-refractivity contribution >= 4 is 26.4 Å². The Labute approximate surface area is 182 Å². The van der Waals surface area contributed by atoms with Crippen LogP contribution < -0.4 is 10.3 Å². The molecule has 0 N–H and O–H groups in total. The van der Waals surface area contributed by atoms with Crippen molar-refractivity contribution in [1.82, 2.24) is 4.57 Å². The van der Waals surface area contributed by atoms with Gasteiger partial charge in [0.05, 0.1) is 21.5 Å². The Balaban J connectivity index is 1.88. The fourth-order valence-electron chi connectivity index (χ4n) is 4.31. The number of pyridine rings is 1. The zero-order chi connectivity index (χ0) is 22.5. The lowest BCUT2D eigenvalue weighted by atomic mass is 9.99. The van der Waals surface area contributed by atoms with Crippen molar-refractivity contribution in [1.29, 1.82) is 0 Å². The maximum atomic E-state index is 15.1. The first-order valence-electron chi connectivity index (χ1n) is 10.5. The molecule has 31 heavy (non-hydrogen) atoms. The number of anilines is 1. The maximum Gasteiger partial charge on any atom is 0.211 e.